The van der Waals surface area contributed by atoms with Gasteiger partial charge in [0, 0.05) is 31.4 Å². The lowest BCUT2D eigenvalue weighted by Gasteiger charge is -2.36. The van der Waals surface area contributed by atoms with Crippen LogP contribution in [-0.4, -0.2) is 55.7 Å². The van der Waals surface area contributed by atoms with Crippen molar-refractivity contribution in [1.82, 2.24) is 15.1 Å². The van der Waals surface area contributed by atoms with Gasteiger partial charge in [0.05, 0.1) is 20.9 Å². The summed E-state index contributed by atoms with van der Waals surface area (Å²) in [4.78, 5) is 16.8. The van der Waals surface area contributed by atoms with E-state index in [2.05, 4.69) is 29.4 Å². The molecule has 0 aromatic heterocycles. The third-order valence-electron chi connectivity index (χ3n) is 5.96. The molecule has 1 amide bonds. The predicted molar refractivity (Wildman–Crippen MR) is 135 cm³/mol. The number of carbonyl (C=O) groups excluding carboxylic acids is 1. The number of methoxy groups -OCH3 is 2. The number of allylic oxidation sites excluding steroid dienone is 4. The second-order valence-electron chi connectivity index (χ2n) is 8.42. The summed E-state index contributed by atoms with van der Waals surface area (Å²) >= 11 is 0. The smallest absolute Gasteiger partial charge is 0.251 e. The molecule has 180 valence electrons. The van der Waals surface area contributed by atoms with Gasteiger partial charge in [-0.2, -0.15) is 0 Å². The Bertz CT molecular complexity index is 896. The zero-order chi connectivity index (χ0) is 24.4. The summed E-state index contributed by atoms with van der Waals surface area (Å²) in [6.07, 6.45) is 7.45. The first-order valence-electron chi connectivity index (χ1n) is 11.4. The van der Waals surface area contributed by atoms with Crippen LogP contribution in [0.5, 0.6) is 11.5 Å². The Hall–Kier alpha value is -2.83. The number of hydrogen-bond acceptors (Lipinski definition) is 5. The quantitative estimate of drug-likeness (QED) is 0.390. The summed E-state index contributed by atoms with van der Waals surface area (Å²) < 4.78 is 10.7. The van der Waals surface area contributed by atoms with Crippen molar-refractivity contribution in [3.05, 3.63) is 72.0 Å². The van der Waals surface area contributed by atoms with Gasteiger partial charge < -0.3 is 14.8 Å². The summed E-state index contributed by atoms with van der Waals surface area (Å²) in [5, 5.41) is 3.66. The van der Waals surface area contributed by atoms with Crippen molar-refractivity contribution in [2.24, 2.45) is 0 Å². The van der Waals surface area contributed by atoms with E-state index in [1.54, 1.807) is 19.1 Å². The zero-order valence-electron chi connectivity index (χ0n) is 20.8. The number of likely N-dealkylation sites (tertiary alicyclic amines) is 1. The van der Waals surface area contributed by atoms with Gasteiger partial charge in [0.25, 0.3) is 5.91 Å². The Balaban J connectivity index is 1.97. The van der Waals surface area contributed by atoms with Gasteiger partial charge in [-0.15, -0.1) is 0 Å². The monoisotopic (exact) mass is 453 g/mol. The van der Waals surface area contributed by atoms with Gasteiger partial charge in [-0.05, 0) is 69.0 Å². The van der Waals surface area contributed by atoms with Gasteiger partial charge in [-0.3, -0.25) is 14.6 Å². The first kappa shape index (κ1) is 26.4. The normalized spacial score (nSPS) is 15.8. The van der Waals surface area contributed by atoms with Crippen molar-refractivity contribution in [1.29, 1.82) is 0 Å². The highest BCUT2D eigenvalue weighted by Gasteiger charge is 2.24. The Morgan fingerprint density at radius 3 is 2.42 bits per heavy atom. The summed E-state index contributed by atoms with van der Waals surface area (Å²) in [5.74, 6) is 1.37. The fraction of sp³-hybridized carbons (Fsp3) is 0.444. The molecule has 0 unspecified atom stereocenters. The minimum atomic E-state index is -0.109. The molecule has 1 aromatic rings. The van der Waals surface area contributed by atoms with Crippen LogP contribution < -0.4 is 14.8 Å². The maximum Gasteiger partial charge on any atom is 0.251 e. The standard InChI is InChI=1S/C27H39N3O3/c1-8-21(5)16-24(20(3)4)30(27(31)9-2)19-29-14-12-23(13-15-29)28-18-22-10-11-25(32-6)26(17-22)33-7/h8-11,16-17,23,28H,2-3,12-15,18-19H2,1,4-7H3/b21-8-,24-16+. The molecule has 1 heterocycles. The third kappa shape index (κ3) is 7.62. The van der Waals surface area contributed by atoms with E-state index in [-0.39, 0.29) is 5.91 Å². The number of ether oxygens (including phenoxy) is 2. The Kier molecular flexibility index (Phi) is 10.4. The van der Waals surface area contributed by atoms with E-state index in [4.69, 9.17) is 9.47 Å². The zero-order valence-corrected chi connectivity index (χ0v) is 20.8. The van der Waals surface area contributed by atoms with Crippen molar-refractivity contribution >= 4 is 5.91 Å². The Labute approximate surface area is 199 Å². The lowest BCUT2D eigenvalue weighted by atomic mass is 10.0. The minimum Gasteiger partial charge on any atom is -0.493 e. The van der Waals surface area contributed by atoms with Gasteiger partial charge in [-0.1, -0.05) is 30.9 Å². The van der Waals surface area contributed by atoms with Crippen LogP contribution in [0.3, 0.4) is 0 Å². The molecule has 0 aliphatic carbocycles. The largest absolute Gasteiger partial charge is 0.493 e. The van der Waals surface area contributed by atoms with Crippen molar-refractivity contribution in [3.8, 4) is 11.5 Å². The highest BCUT2D eigenvalue weighted by atomic mass is 16.5. The lowest BCUT2D eigenvalue weighted by Crippen LogP contribution is -2.47. The SMILES string of the molecule is C=CC(=O)N(CN1CCC(NCc2ccc(OC)c(OC)c2)CC1)/C(=C/C(C)=C\C)C(=C)C. The van der Waals surface area contributed by atoms with Gasteiger partial charge in [0.15, 0.2) is 11.5 Å². The maximum absolute atomic E-state index is 12.7. The predicted octanol–water partition coefficient (Wildman–Crippen LogP) is 4.66. The van der Waals surface area contributed by atoms with Crippen molar-refractivity contribution in [2.45, 2.75) is 46.2 Å². The molecule has 1 aliphatic heterocycles. The third-order valence-corrected chi connectivity index (χ3v) is 5.96. The molecular weight excluding hydrogens is 414 g/mol. The topological polar surface area (TPSA) is 54.0 Å². The highest BCUT2D eigenvalue weighted by Crippen LogP contribution is 2.27. The van der Waals surface area contributed by atoms with Gasteiger partial charge in [0.2, 0.25) is 0 Å². The first-order valence-corrected chi connectivity index (χ1v) is 11.4. The molecule has 1 aliphatic rings. The van der Waals surface area contributed by atoms with Crippen LogP contribution in [0, 0.1) is 0 Å². The molecule has 2 rings (SSSR count). The van der Waals surface area contributed by atoms with Crippen molar-refractivity contribution in [3.63, 3.8) is 0 Å². The van der Waals surface area contributed by atoms with E-state index >= 15 is 0 Å². The molecule has 0 bridgehead atoms. The molecule has 6 nitrogen and oxygen atoms in total. The molecule has 0 saturated carbocycles. The van der Waals surface area contributed by atoms with Gasteiger partial charge in [-0.25, -0.2) is 0 Å². The maximum atomic E-state index is 12.7. The molecule has 33 heavy (non-hydrogen) atoms. The van der Waals surface area contributed by atoms with E-state index in [9.17, 15) is 4.79 Å². The Morgan fingerprint density at radius 1 is 1.21 bits per heavy atom. The molecular formula is C27H39N3O3. The van der Waals surface area contributed by atoms with Crippen LogP contribution in [-0.2, 0) is 11.3 Å². The van der Waals surface area contributed by atoms with E-state index in [0.717, 1.165) is 66.4 Å². The number of benzene rings is 1. The second kappa shape index (κ2) is 13.0. The number of piperidine rings is 1. The summed E-state index contributed by atoms with van der Waals surface area (Å²) in [6.45, 7) is 16.9. The lowest BCUT2D eigenvalue weighted by molar-refractivity contribution is -0.126. The van der Waals surface area contributed by atoms with E-state index in [1.165, 1.54) is 6.08 Å². The summed E-state index contributed by atoms with van der Waals surface area (Å²) in [7, 11) is 3.30. The molecule has 0 spiro atoms. The van der Waals surface area contributed by atoms with Crippen molar-refractivity contribution in [2.75, 3.05) is 34.0 Å². The minimum absolute atomic E-state index is 0.109. The fourth-order valence-corrected chi connectivity index (χ4v) is 3.84. The second-order valence-corrected chi connectivity index (χ2v) is 8.42. The number of hydrogen-bond donors (Lipinski definition) is 1. The molecule has 1 aromatic carbocycles. The molecule has 0 radical (unpaired) electrons. The molecule has 1 N–H and O–H groups in total. The van der Waals surface area contributed by atoms with Crippen LogP contribution in [0.2, 0.25) is 0 Å². The average molecular weight is 454 g/mol. The fourth-order valence-electron chi connectivity index (χ4n) is 3.84. The van der Waals surface area contributed by atoms with Gasteiger partial charge in [0.1, 0.15) is 0 Å². The van der Waals surface area contributed by atoms with Crippen molar-refractivity contribution < 1.29 is 14.3 Å². The van der Waals surface area contributed by atoms with E-state index < -0.39 is 0 Å². The van der Waals surface area contributed by atoms with Crippen LogP contribution in [0.25, 0.3) is 0 Å². The first-order chi connectivity index (χ1) is 15.8. The number of nitrogens with zero attached hydrogens (tertiary/aromatic N) is 2. The van der Waals surface area contributed by atoms with Crippen LogP contribution in [0.1, 0.15) is 39.2 Å². The molecule has 0 atom stereocenters. The van der Waals surface area contributed by atoms with E-state index in [0.29, 0.717) is 12.7 Å². The number of amides is 1. The highest BCUT2D eigenvalue weighted by molar-refractivity contribution is 5.89. The Morgan fingerprint density at radius 2 is 1.88 bits per heavy atom. The van der Waals surface area contributed by atoms with Crippen LogP contribution >= 0.6 is 0 Å². The van der Waals surface area contributed by atoms with E-state index in [1.807, 2.05) is 45.1 Å². The summed E-state index contributed by atoms with van der Waals surface area (Å²) in [6, 6.07) is 6.43. The van der Waals surface area contributed by atoms with Gasteiger partial charge >= 0.3 is 0 Å². The summed E-state index contributed by atoms with van der Waals surface area (Å²) in [5.41, 5.74) is 3.95. The molecule has 6 heteroatoms. The van der Waals surface area contributed by atoms with Crippen LogP contribution in [0.4, 0.5) is 0 Å². The number of rotatable bonds is 11. The number of carbonyl (C=O) groups is 1. The van der Waals surface area contributed by atoms with Crippen LogP contribution in [0.15, 0.2) is 66.4 Å². The molecule has 1 saturated heterocycles. The average Bonchev–Trinajstić information content (AvgIpc) is 2.84. The number of nitrogens with one attached hydrogen (secondary N) is 1. The molecule has 1 fully saturated rings.